The first-order valence-electron chi connectivity index (χ1n) is 4.39. The van der Waals surface area contributed by atoms with Crippen LogP contribution in [0.2, 0.25) is 0 Å². The molecule has 1 heterocycles. The van der Waals surface area contributed by atoms with Crippen molar-refractivity contribution in [2.45, 2.75) is 0 Å². The Hall–Kier alpha value is -2.18. The summed E-state index contributed by atoms with van der Waals surface area (Å²) in [6.07, 6.45) is 0. The average molecular weight is 225 g/mol. The number of ether oxygens (including phenoxy) is 1. The van der Waals surface area contributed by atoms with Crippen molar-refractivity contribution in [2.75, 3.05) is 7.11 Å². The number of hydrogen-bond acceptors (Lipinski definition) is 4. The van der Waals surface area contributed by atoms with Gasteiger partial charge in [-0.05, 0) is 0 Å². The molecule has 1 aromatic heterocycles. The second kappa shape index (κ2) is 3.44. The summed E-state index contributed by atoms with van der Waals surface area (Å²) in [6, 6.07) is 2.10. The van der Waals surface area contributed by atoms with Gasteiger partial charge in [0.05, 0.1) is 23.5 Å². The SMILES string of the molecule is COc1nn(C)c2c(F)cc([N+](=O)[O-])cc12. The Labute approximate surface area is 89.4 Å². The van der Waals surface area contributed by atoms with E-state index in [9.17, 15) is 14.5 Å². The van der Waals surface area contributed by atoms with Gasteiger partial charge in [-0.15, -0.1) is 5.10 Å². The topological polar surface area (TPSA) is 70.2 Å². The lowest BCUT2D eigenvalue weighted by atomic mass is 10.2. The number of nitro groups is 1. The number of aryl methyl sites for hydroxylation is 1. The van der Waals surface area contributed by atoms with Gasteiger partial charge in [-0.1, -0.05) is 0 Å². The maximum Gasteiger partial charge on any atom is 0.273 e. The standard InChI is InChI=1S/C9H8FN3O3/c1-12-8-6(9(11-12)16-2)3-5(13(14)15)4-7(8)10/h3-4H,1-2H3. The molecule has 0 amide bonds. The number of aromatic nitrogens is 2. The second-order valence-corrected chi connectivity index (χ2v) is 3.21. The summed E-state index contributed by atoms with van der Waals surface area (Å²) >= 11 is 0. The molecule has 0 saturated heterocycles. The number of rotatable bonds is 2. The van der Waals surface area contributed by atoms with Crippen molar-refractivity contribution in [3.63, 3.8) is 0 Å². The molecule has 0 N–H and O–H groups in total. The van der Waals surface area contributed by atoms with Crippen LogP contribution in [0.15, 0.2) is 12.1 Å². The molecule has 0 fully saturated rings. The zero-order valence-electron chi connectivity index (χ0n) is 8.60. The molecular formula is C9H8FN3O3. The fourth-order valence-electron chi connectivity index (χ4n) is 1.57. The first-order valence-corrected chi connectivity index (χ1v) is 4.39. The summed E-state index contributed by atoms with van der Waals surface area (Å²) in [5, 5.41) is 14.8. The fourth-order valence-corrected chi connectivity index (χ4v) is 1.57. The molecule has 0 bridgehead atoms. The van der Waals surface area contributed by atoms with Crippen LogP contribution in [0.5, 0.6) is 5.88 Å². The van der Waals surface area contributed by atoms with Gasteiger partial charge in [0.2, 0.25) is 5.88 Å². The van der Waals surface area contributed by atoms with E-state index in [1.807, 2.05) is 0 Å². The van der Waals surface area contributed by atoms with Crippen LogP contribution in [-0.4, -0.2) is 21.8 Å². The maximum atomic E-state index is 13.6. The largest absolute Gasteiger partial charge is 0.479 e. The fraction of sp³-hybridized carbons (Fsp3) is 0.222. The zero-order chi connectivity index (χ0) is 11.9. The van der Waals surface area contributed by atoms with E-state index < -0.39 is 10.7 Å². The van der Waals surface area contributed by atoms with Crippen LogP contribution in [0.3, 0.4) is 0 Å². The number of non-ortho nitro benzene ring substituents is 1. The van der Waals surface area contributed by atoms with Crippen LogP contribution in [0.4, 0.5) is 10.1 Å². The summed E-state index contributed by atoms with van der Waals surface area (Å²) < 4.78 is 19.8. The molecule has 2 aromatic rings. The van der Waals surface area contributed by atoms with E-state index in [2.05, 4.69) is 5.10 Å². The predicted molar refractivity (Wildman–Crippen MR) is 53.9 cm³/mol. The van der Waals surface area contributed by atoms with Crippen molar-refractivity contribution in [2.24, 2.45) is 7.05 Å². The molecule has 0 spiro atoms. The molecule has 16 heavy (non-hydrogen) atoms. The van der Waals surface area contributed by atoms with E-state index in [4.69, 9.17) is 4.74 Å². The van der Waals surface area contributed by atoms with Crippen LogP contribution >= 0.6 is 0 Å². The Kier molecular flexibility index (Phi) is 2.22. The molecule has 0 aliphatic carbocycles. The molecule has 0 saturated carbocycles. The van der Waals surface area contributed by atoms with Gasteiger partial charge in [0.25, 0.3) is 5.69 Å². The summed E-state index contributed by atoms with van der Waals surface area (Å²) in [5.41, 5.74) is -0.140. The van der Waals surface area contributed by atoms with Gasteiger partial charge in [-0.25, -0.2) is 4.39 Å². The zero-order valence-corrected chi connectivity index (χ0v) is 8.60. The molecule has 2 rings (SSSR count). The third kappa shape index (κ3) is 1.37. The van der Waals surface area contributed by atoms with Crippen LogP contribution < -0.4 is 4.74 Å². The number of nitro benzene ring substituents is 1. The minimum Gasteiger partial charge on any atom is -0.479 e. The van der Waals surface area contributed by atoms with E-state index in [0.717, 1.165) is 6.07 Å². The van der Waals surface area contributed by atoms with E-state index in [1.54, 1.807) is 7.05 Å². The molecule has 0 atom stereocenters. The number of benzene rings is 1. The molecule has 0 aliphatic rings. The predicted octanol–water partition coefficient (Wildman–Crippen LogP) is 1.63. The van der Waals surface area contributed by atoms with Crippen molar-refractivity contribution in [3.05, 3.63) is 28.1 Å². The van der Waals surface area contributed by atoms with Crippen LogP contribution in [0.1, 0.15) is 0 Å². The van der Waals surface area contributed by atoms with Gasteiger partial charge in [0, 0.05) is 13.1 Å². The van der Waals surface area contributed by atoms with E-state index in [0.29, 0.717) is 0 Å². The number of halogens is 1. The summed E-state index contributed by atoms with van der Waals surface area (Å²) in [6.45, 7) is 0. The highest BCUT2D eigenvalue weighted by molar-refractivity contribution is 5.87. The van der Waals surface area contributed by atoms with Gasteiger partial charge in [0.1, 0.15) is 5.52 Å². The smallest absolute Gasteiger partial charge is 0.273 e. The van der Waals surface area contributed by atoms with E-state index >= 15 is 0 Å². The van der Waals surface area contributed by atoms with E-state index in [1.165, 1.54) is 17.9 Å². The number of nitrogens with zero attached hydrogens (tertiary/aromatic N) is 3. The number of methoxy groups -OCH3 is 1. The normalized spacial score (nSPS) is 10.7. The monoisotopic (exact) mass is 225 g/mol. The molecule has 0 radical (unpaired) electrons. The highest BCUT2D eigenvalue weighted by Gasteiger charge is 2.18. The van der Waals surface area contributed by atoms with Crippen molar-refractivity contribution < 1.29 is 14.1 Å². The van der Waals surface area contributed by atoms with Crippen molar-refractivity contribution >= 4 is 16.6 Å². The van der Waals surface area contributed by atoms with Gasteiger partial charge in [-0.3, -0.25) is 14.8 Å². The lowest BCUT2D eigenvalue weighted by Gasteiger charge is -1.97. The van der Waals surface area contributed by atoms with Crippen molar-refractivity contribution in [3.8, 4) is 5.88 Å². The van der Waals surface area contributed by atoms with Crippen LogP contribution in [-0.2, 0) is 7.05 Å². The maximum absolute atomic E-state index is 13.6. The Morgan fingerprint density at radius 3 is 2.81 bits per heavy atom. The second-order valence-electron chi connectivity index (χ2n) is 3.21. The highest BCUT2D eigenvalue weighted by Crippen LogP contribution is 2.30. The van der Waals surface area contributed by atoms with Crippen LogP contribution in [0, 0.1) is 15.9 Å². The first-order chi connectivity index (χ1) is 7.54. The Balaban J connectivity index is 2.84. The summed E-state index contributed by atoms with van der Waals surface area (Å²) in [4.78, 5) is 9.92. The average Bonchev–Trinajstić information content (AvgIpc) is 2.55. The summed E-state index contributed by atoms with van der Waals surface area (Å²) in [5.74, 6) is -0.525. The highest BCUT2D eigenvalue weighted by atomic mass is 19.1. The van der Waals surface area contributed by atoms with E-state index in [-0.39, 0.29) is 22.5 Å². The quantitative estimate of drug-likeness (QED) is 0.575. The Bertz CT molecular complexity index is 579. The molecule has 1 aromatic carbocycles. The number of fused-ring (bicyclic) bond motifs is 1. The molecule has 0 aliphatic heterocycles. The minimum atomic E-state index is -0.692. The van der Waals surface area contributed by atoms with Gasteiger partial charge < -0.3 is 4.74 Å². The third-order valence-corrected chi connectivity index (χ3v) is 2.25. The lowest BCUT2D eigenvalue weighted by molar-refractivity contribution is -0.384. The Morgan fingerprint density at radius 1 is 1.56 bits per heavy atom. The summed E-state index contributed by atoms with van der Waals surface area (Å²) in [7, 11) is 2.91. The molecule has 84 valence electrons. The van der Waals surface area contributed by atoms with Crippen molar-refractivity contribution in [1.29, 1.82) is 0 Å². The third-order valence-electron chi connectivity index (χ3n) is 2.25. The van der Waals surface area contributed by atoms with Gasteiger partial charge >= 0.3 is 0 Å². The lowest BCUT2D eigenvalue weighted by Crippen LogP contribution is -1.94. The Morgan fingerprint density at radius 2 is 2.25 bits per heavy atom. The van der Waals surface area contributed by atoms with Crippen molar-refractivity contribution in [1.82, 2.24) is 9.78 Å². The molecular weight excluding hydrogens is 217 g/mol. The van der Waals surface area contributed by atoms with Gasteiger partial charge in [-0.2, -0.15) is 0 Å². The number of hydrogen-bond donors (Lipinski definition) is 0. The minimum absolute atomic E-state index is 0.167. The van der Waals surface area contributed by atoms with Crippen LogP contribution in [0.25, 0.3) is 10.9 Å². The molecule has 6 nitrogen and oxygen atoms in total. The van der Waals surface area contributed by atoms with Gasteiger partial charge in [0.15, 0.2) is 5.82 Å². The molecule has 0 unspecified atom stereocenters. The first kappa shape index (κ1) is 10.3. The molecule has 7 heteroatoms.